The van der Waals surface area contributed by atoms with Crippen LogP contribution in [0.1, 0.15) is 12.5 Å². The maximum Gasteiger partial charge on any atom is 0.246 e. The Morgan fingerprint density at radius 1 is 1.15 bits per heavy atom. The molecule has 1 saturated heterocycles. The Morgan fingerprint density at radius 2 is 2.00 bits per heavy atom. The minimum Gasteiger partial charge on any atom is -0.455 e. The number of nitrogens with zero attached hydrogens (tertiary/aromatic N) is 8. The SMILES string of the molecule is C=CC(=O)N1CCN(c2ccc3ncnc(Nc4ccc(Oc5cnc6c(c5)ncn6C)c(C)c4F)c3n2)C[C@@H]1C. The second-order valence-corrected chi connectivity index (χ2v) is 9.94. The van der Waals surface area contributed by atoms with E-state index < -0.39 is 5.82 Å². The van der Waals surface area contributed by atoms with E-state index in [0.29, 0.717) is 59.1 Å². The molecule has 5 heterocycles. The maximum atomic E-state index is 15.6. The molecule has 41 heavy (non-hydrogen) atoms. The highest BCUT2D eigenvalue weighted by Gasteiger charge is 2.27. The minimum absolute atomic E-state index is 0.00387. The summed E-state index contributed by atoms with van der Waals surface area (Å²) >= 11 is 0. The van der Waals surface area contributed by atoms with Crippen molar-refractivity contribution >= 4 is 45.4 Å². The molecule has 1 atom stereocenters. The lowest BCUT2D eigenvalue weighted by molar-refractivity contribution is -0.128. The number of rotatable bonds is 6. The number of imidazole rings is 1. The van der Waals surface area contributed by atoms with Gasteiger partial charge in [0.25, 0.3) is 0 Å². The number of carbonyl (C=O) groups excluding carboxylic acids is 1. The van der Waals surface area contributed by atoms with Crippen LogP contribution in [0.3, 0.4) is 0 Å². The summed E-state index contributed by atoms with van der Waals surface area (Å²) in [5.41, 5.74) is 3.09. The summed E-state index contributed by atoms with van der Waals surface area (Å²) in [5, 5.41) is 3.09. The van der Waals surface area contributed by atoms with E-state index in [4.69, 9.17) is 9.72 Å². The molecule has 1 aliphatic rings. The molecule has 12 heteroatoms. The number of carbonyl (C=O) groups is 1. The number of amides is 1. The Labute approximate surface area is 235 Å². The topological polar surface area (TPSA) is 114 Å². The predicted molar refractivity (Wildman–Crippen MR) is 154 cm³/mol. The molecule has 1 aromatic carbocycles. The lowest BCUT2D eigenvalue weighted by atomic mass is 10.1. The van der Waals surface area contributed by atoms with Gasteiger partial charge in [0, 0.05) is 44.4 Å². The molecular formula is C29H28FN9O2. The highest BCUT2D eigenvalue weighted by atomic mass is 19.1. The number of hydrogen-bond acceptors (Lipinski definition) is 9. The van der Waals surface area contributed by atoms with Crippen LogP contribution in [0.4, 0.5) is 21.7 Å². The van der Waals surface area contributed by atoms with E-state index in [2.05, 4.69) is 36.7 Å². The number of aromatic nitrogens is 6. The molecule has 1 fully saturated rings. The molecule has 1 N–H and O–H groups in total. The number of halogens is 1. The second-order valence-electron chi connectivity index (χ2n) is 9.94. The third kappa shape index (κ3) is 4.88. The molecule has 208 valence electrons. The number of fused-ring (bicyclic) bond motifs is 2. The number of piperazine rings is 1. The second kappa shape index (κ2) is 10.5. The Kier molecular flexibility index (Phi) is 6.66. The van der Waals surface area contributed by atoms with Crippen LogP contribution in [-0.4, -0.2) is 66.0 Å². The molecule has 6 rings (SSSR count). The van der Waals surface area contributed by atoms with Gasteiger partial charge in [-0.25, -0.2) is 29.3 Å². The van der Waals surface area contributed by atoms with E-state index in [-0.39, 0.29) is 17.6 Å². The van der Waals surface area contributed by atoms with E-state index in [0.717, 1.165) is 11.5 Å². The maximum absolute atomic E-state index is 15.6. The van der Waals surface area contributed by atoms with Gasteiger partial charge in [-0.2, -0.15) is 0 Å². The molecular weight excluding hydrogens is 525 g/mol. The first kappa shape index (κ1) is 26.1. The molecule has 11 nitrogen and oxygen atoms in total. The number of benzene rings is 1. The number of pyridine rings is 2. The first-order valence-electron chi connectivity index (χ1n) is 13.1. The van der Waals surface area contributed by atoms with Gasteiger partial charge in [0.05, 0.1) is 23.7 Å². The fourth-order valence-electron chi connectivity index (χ4n) is 4.99. The molecule has 4 aromatic heterocycles. The lowest BCUT2D eigenvalue weighted by Crippen LogP contribution is -2.53. The molecule has 5 aromatic rings. The van der Waals surface area contributed by atoms with Crippen molar-refractivity contribution in [2.24, 2.45) is 7.05 Å². The van der Waals surface area contributed by atoms with Crippen LogP contribution in [0.2, 0.25) is 0 Å². The van der Waals surface area contributed by atoms with Crippen LogP contribution in [0.5, 0.6) is 11.5 Å². The predicted octanol–water partition coefficient (Wildman–Crippen LogP) is 4.51. The van der Waals surface area contributed by atoms with Crippen molar-refractivity contribution < 1.29 is 13.9 Å². The Bertz CT molecular complexity index is 1800. The number of ether oxygens (including phenoxy) is 1. The molecule has 0 bridgehead atoms. The Balaban J connectivity index is 1.25. The number of nitrogens with one attached hydrogen (secondary N) is 1. The summed E-state index contributed by atoms with van der Waals surface area (Å²) in [6.45, 7) is 9.04. The van der Waals surface area contributed by atoms with Crippen molar-refractivity contribution in [3.8, 4) is 11.5 Å². The highest BCUT2D eigenvalue weighted by molar-refractivity contribution is 5.89. The van der Waals surface area contributed by atoms with Gasteiger partial charge in [0.2, 0.25) is 5.91 Å². The van der Waals surface area contributed by atoms with Crippen LogP contribution in [-0.2, 0) is 11.8 Å². The van der Waals surface area contributed by atoms with Crippen LogP contribution in [0, 0.1) is 12.7 Å². The summed E-state index contributed by atoms with van der Waals surface area (Å²) in [6, 6.07) is 8.80. The van der Waals surface area contributed by atoms with Gasteiger partial charge >= 0.3 is 0 Å². The third-order valence-corrected chi connectivity index (χ3v) is 7.22. The summed E-state index contributed by atoms with van der Waals surface area (Å²) in [4.78, 5) is 38.2. The monoisotopic (exact) mass is 553 g/mol. The summed E-state index contributed by atoms with van der Waals surface area (Å²) in [6.07, 6.45) is 6.01. The largest absolute Gasteiger partial charge is 0.455 e. The van der Waals surface area contributed by atoms with Crippen LogP contribution >= 0.6 is 0 Å². The molecule has 0 saturated carbocycles. The molecule has 0 spiro atoms. The van der Waals surface area contributed by atoms with Gasteiger partial charge in [-0.15, -0.1) is 0 Å². The van der Waals surface area contributed by atoms with Crippen molar-refractivity contribution in [1.29, 1.82) is 0 Å². The first-order valence-corrected chi connectivity index (χ1v) is 13.1. The fraction of sp³-hybridized carbons (Fsp3) is 0.241. The number of hydrogen-bond donors (Lipinski definition) is 1. The molecule has 0 radical (unpaired) electrons. The highest BCUT2D eigenvalue weighted by Crippen LogP contribution is 2.33. The normalized spacial score (nSPS) is 15.4. The zero-order valence-electron chi connectivity index (χ0n) is 22.9. The molecule has 1 aliphatic heterocycles. The van der Waals surface area contributed by atoms with Gasteiger partial charge in [0.15, 0.2) is 17.3 Å². The Morgan fingerprint density at radius 3 is 2.80 bits per heavy atom. The van der Waals surface area contributed by atoms with Gasteiger partial charge in [0.1, 0.15) is 34.7 Å². The van der Waals surface area contributed by atoms with E-state index >= 15 is 4.39 Å². The fourth-order valence-corrected chi connectivity index (χ4v) is 4.99. The van der Waals surface area contributed by atoms with E-state index in [1.165, 1.54) is 12.4 Å². The average Bonchev–Trinajstić information content (AvgIpc) is 3.36. The standard InChI is InChI=1S/C29H28FN9O2/c1-5-25(40)39-11-10-38(14-17(39)2)24-9-7-21-27(36-24)28(33-15-32-21)35-20-6-8-23(18(3)26(20)30)41-19-12-22-29(31-13-19)37(4)16-34-22/h5-9,12-13,15-17H,1,10-11,14H2,2-4H3,(H,32,33,35)/t17-/m0/s1. The first-order chi connectivity index (χ1) is 19.8. The van der Waals surface area contributed by atoms with Crippen molar-refractivity contribution in [3.63, 3.8) is 0 Å². The summed E-state index contributed by atoms with van der Waals surface area (Å²) in [5.74, 6) is 1.37. The lowest BCUT2D eigenvalue weighted by Gasteiger charge is -2.40. The number of anilines is 3. The summed E-state index contributed by atoms with van der Waals surface area (Å²) < 4.78 is 23.3. The van der Waals surface area contributed by atoms with Crippen molar-refractivity contribution in [1.82, 2.24) is 34.4 Å². The van der Waals surface area contributed by atoms with Gasteiger partial charge in [-0.05, 0) is 44.2 Å². The van der Waals surface area contributed by atoms with Crippen LogP contribution in [0.15, 0.2) is 61.8 Å². The van der Waals surface area contributed by atoms with E-state index in [1.807, 2.05) is 30.7 Å². The van der Waals surface area contributed by atoms with E-state index in [9.17, 15) is 4.79 Å². The van der Waals surface area contributed by atoms with Gasteiger partial charge in [-0.1, -0.05) is 6.58 Å². The van der Waals surface area contributed by atoms with E-state index in [1.54, 1.807) is 42.5 Å². The van der Waals surface area contributed by atoms with Crippen LogP contribution < -0.4 is 15.0 Å². The average molecular weight is 554 g/mol. The van der Waals surface area contributed by atoms with Crippen molar-refractivity contribution in [3.05, 3.63) is 73.2 Å². The van der Waals surface area contributed by atoms with Gasteiger partial charge in [-0.3, -0.25) is 4.79 Å². The van der Waals surface area contributed by atoms with Crippen LogP contribution in [0.25, 0.3) is 22.2 Å². The summed E-state index contributed by atoms with van der Waals surface area (Å²) in [7, 11) is 1.86. The number of aryl methyl sites for hydroxylation is 1. The molecule has 0 aliphatic carbocycles. The Hall–Kier alpha value is -5.13. The zero-order chi connectivity index (χ0) is 28.7. The van der Waals surface area contributed by atoms with Crippen molar-refractivity contribution in [2.75, 3.05) is 29.9 Å². The molecule has 0 unspecified atom stereocenters. The quantitative estimate of drug-likeness (QED) is 0.303. The zero-order valence-corrected chi connectivity index (χ0v) is 22.9. The van der Waals surface area contributed by atoms with Crippen molar-refractivity contribution in [2.45, 2.75) is 19.9 Å². The smallest absolute Gasteiger partial charge is 0.246 e. The van der Waals surface area contributed by atoms with Gasteiger partial charge < -0.3 is 24.4 Å². The third-order valence-electron chi connectivity index (χ3n) is 7.22. The molecule has 1 amide bonds. The minimum atomic E-state index is -0.478.